The zero-order chi connectivity index (χ0) is 17.9. The van der Waals surface area contributed by atoms with E-state index in [2.05, 4.69) is 0 Å². The van der Waals surface area contributed by atoms with Gasteiger partial charge in [-0.3, -0.25) is 0 Å². The fourth-order valence-electron chi connectivity index (χ4n) is 3.24. The number of cyclic esters (lactones) is 1. The summed E-state index contributed by atoms with van der Waals surface area (Å²) in [6, 6.07) is 0. The minimum absolute atomic E-state index is 0.0165. The van der Waals surface area contributed by atoms with Crippen molar-refractivity contribution < 1.29 is 28.5 Å². The fraction of sp³-hybridized carbons (Fsp3) is 0.933. The number of hydrogen-bond donors (Lipinski definition) is 0. The lowest BCUT2D eigenvalue weighted by Gasteiger charge is -2.36. The topological polar surface area (TPSA) is 63.2 Å². The molecule has 0 radical (unpaired) electrons. The molecule has 3 aliphatic rings. The molecule has 3 saturated heterocycles. The van der Waals surface area contributed by atoms with Crippen LogP contribution in [0.3, 0.4) is 0 Å². The maximum atomic E-state index is 12.4. The van der Waals surface area contributed by atoms with Crippen molar-refractivity contribution in [3.05, 3.63) is 0 Å². The summed E-state index contributed by atoms with van der Waals surface area (Å²) in [4.78, 5) is 12.4. The first kappa shape index (κ1) is 19.0. The molecule has 24 heavy (non-hydrogen) atoms. The summed E-state index contributed by atoms with van der Waals surface area (Å²) in [6.07, 6.45) is -2.52. The Bertz CT molecular complexity index is 523. The fourth-order valence-corrected chi connectivity index (χ4v) is 4.24. The highest BCUT2D eigenvalue weighted by Gasteiger charge is 2.58. The van der Waals surface area contributed by atoms with Gasteiger partial charge in [-0.15, -0.1) is 11.6 Å². The third-order valence-electron chi connectivity index (χ3n) is 4.23. The molecule has 0 N–H and O–H groups in total. The lowest BCUT2D eigenvalue weighted by atomic mass is 9.96. The average molecular weight is 404 g/mol. The van der Waals surface area contributed by atoms with Crippen LogP contribution in [0.2, 0.25) is 0 Å². The van der Waals surface area contributed by atoms with Crippen LogP contribution in [-0.2, 0) is 28.5 Å². The van der Waals surface area contributed by atoms with Crippen LogP contribution in [0, 0.1) is 0 Å². The van der Waals surface area contributed by atoms with Crippen molar-refractivity contribution >= 4 is 40.8 Å². The quantitative estimate of drug-likeness (QED) is 0.495. The van der Waals surface area contributed by atoms with Gasteiger partial charge in [0.05, 0.1) is 12.0 Å². The molecule has 0 aliphatic carbocycles. The summed E-state index contributed by atoms with van der Waals surface area (Å²) in [5.74, 6) is -2.45. The highest BCUT2D eigenvalue weighted by atomic mass is 35.5. The van der Waals surface area contributed by atoms with E-state index in [-0.39, 0.29) is 13.0 Å². The number of alkyl halides is 3. The molecule has 9 heteroatoms. The predicted molar refractivity (Wildman–Crippen MR) is 87.3 cm³/mol. The molecule has 0 spiro atoms. The van der Waals surface area contributed by atoms with Crippen molar-refractivity contribution in [1.82, 2.24) is 0 Å². The number of hydrogen-bond acceptors (Lipinski definition) is 6. The Labute approximate surface area is 155 Å². The van der Waals surface area contributed by atoms with E-state index in [1.165, 1.54) is 0 Å². The highest BCUT2D eigenvalue weighted by molar-refractivity contribution is 6.57. The zero-order valence-corrected chi connectivity index (χ0v) is 16.2. The highest BCUT2D eigenvalue weighted by Crippen LogP contribution is 2.43. The molecule has 0 aromatic heterocycles. The number of ether oxygens (including phenoxy) is 5. The second-order valence-electron chi connectivity index (χ2n) is 7.23. The number of esters is 1. The number of fused-ring (bicyclic) bond motifs is 1. The Morgan fingerprint density at radius 2 is 1.58 bits per heavy atom. The second kappa shape index (κ2) is 6.12. The van der Waals surface area contributed by atoms with E-state index < -0.39 is 51.7 Å². The molecule has 3 aliphatic heterocycles. The number of halogens is 3. The van der Waals surface area contributed by atoms with Gasteiger partial charge in [0.1, 0.15) is 18.3 Å². The Morgan fingerprint density at radius 3 is 2.17 bits per heavy atom. The summed E-state index contributed by atoms with van der Waals surface area (Å²) in [5, 5.41) is -0.627. The van der Waals surface area contributed by atoms with Gasteiger partial charge >= 0.3 is 5.97 Å². The van der Waals surface area contributed by atoms with Crippen LogP contribution in [0.1, 0.15) is 34.1 Å². The molecule has 3 fully saturated rings. The number of carbonyl (C=O) groups excluding carboxylic acids is 1. The van der Waals surface area contributed by atoms with E-state index in [1.807, 2.05) is 0 Å². The first-order valence-corrected chi connectivity index (χ1v) is 9.00. The molecular formula is C15H21Cl3O6. The third-order valence-corrected chi connectivity index (χ3v) is 5.25. The van der Waals surface area contributed by atoms with Crippen LogP contribution in [0.4, 0.5) is 0 Å². The number of rotatable bonds is 1. The first-order chi connectivity index (χ1) is 10.9. The Kier molecular flexibility index (Phi) is 4.83. The number of carbonyl (C=O) groups is 1. The van der Waals surface area contributed by atoms with Gasteiger partial charge in [0.15, 0.2) is 17.7 Å². The molecule has 3 rings (SSSR count). The van der Waals surface area contributed by atoms with Crippen molar-refractivity contribution in [1.29, 1.82) is 0 Å². The van der Waals surface area contributed by atoms with Gasteiger partial charge in [-0.1, -0.05) is 23.2 Å². The van der Waals surface area contributed by atoms with Crippen molar-refractivity contribution in [3.63, 3.8) is 0 Å². The molecule has 0 aromatic carbocycles. The van der Waals surface area contributed by atoms with Gasteiger partial charge in [0, 0.05) is 6.42 Å². The predicted octanol–water partition coefficient (Wildman–Crippen LogP) is 2.75. The van der Waals surface area contributed by atoms with Gasteiger partial charge in [-0.25, -0.2) is 4.79 Å². The summed E-state index contributed by atoms with van der Waals surface area (Å²) in [7, 11) is 0. The SMILES string of the molecule is CC1(C)OCC(C2OC(=O)C(Cl)(Cl)CC(Cl)C3OC(C)(C)OC32)O1. The summed E-state index contributed by atoms with van der Waals surface area (Å²) >= 11 is 18.7. The average Bonchev–Trinajstić information content (AvgIpc) is 2.93. The maximum Gasteiger partial charge on any atom is 0.343 e. The summed E-state index contributed by atoms with van der Waals surface area (Å²) in [6.45, 7) is 7.34. The summed E-state index contributed by atoms with van der Waals surface area (Å²) < 4.78 is 27.1. The van der Waals surface area contributed by atoms with E-state index in [4.69, 9.17) is 58.5 Å². The smallest absolute Gasteiger partial charge is 0.343 e. The van der Waals surface area contributed by atoms with Crippen molar-refractivity contribution in [3.8, 4) is 0 Å². The van der Waals surface area contributed by atoms with Gasteiger partial charge in [0.25, 0.3) is 0 Å². The minimum atomic E-state index is -1.76. The monoisotopic (exact) mass is 402 g/mol. The van der Waals surface area contributed by atoms with Gasteiger partial charge in [-0.2, -0.15) is 0 Å². The summed E-state index contributed by atoms with van der Waals surface area (Å²) in [5.41, 5.74) is 0. The van der Waals surface area contributed by atoms with E-state index >= 15 is 0 Å². The molecule has 5 atom stereocenters. The minimum Gasteiger partial charge on any atom is -0.454 e. The molecule has 0 aromatic rings. The van der Waals surface area contributed by atoms with Gasteiger partial charge in [0.2, 0.25) is 4.33 Å². The molecule has 3 heterocycles. The molecule has 0 amide bonds. The van der Waals surface area contributed by atoms with Gasteiger partial charge < -0.3 is 23.7 Å². The Hall–Kier alpha value is 0.180. The standard InChI is InChI=1S/C15H21Cl3O6/c1-13(2)20-6-8(22-13)10-11-9(23-14(3,4)24-11)7(16)5-15(17,18)12(19)21-10/h7-11H,5-6H2,1-4H3. The van der Waals surface area contributed by atoms with Crippen LogP contribution in [0.5, 0.6) is 0 Å². The molecule has 0 saturated carbocycles. The van der Waals surface area contributed by atoms with Crippen LogP contribution >= 0.6 is 34.8 Å². The lowest BCUT2D eigenvalue weighted by molar-refractivity contribution is -0.195. The normalized spacial score (nSPS) is 43.6. The zero-order valence-electron chi connectivity index (χ0n) is 13.9. The lowest BCUT2D eigenvalue weighted by Crippen LogP contribution is -2.54. The van der Waals surface area contributed by atoms with Crippen molar-refractivity contribution in [2.75, 3.05) is 6.61 Å². The van der Waals surface area contributed by atoms with Crippen LogP contribution in [0.25, 0.3) is 0 Å². The second-order valence-corrected chi connectivity index (χ2v) is 9.27. The van der Waals surface area contributed by atoms with E-state index in [1.54, 1.807) is 27.7 Å². The first-order valence-electron chi connectivity index (χ1n) is 7.81. The largest absolute Gasteiger partial charge is 0.454 e. The molecule has 5 unspecified atom stereocenters. The Morgan fingerprint density at radius 1 is 0.958 bits per heavy atom. The van der Waals surface area contributed by atoms with Crippen molar-refractivity contribution in [2.45, 2.75) is 79.8 Å². The van der Waals surface area contributed by atoms with E-state index in [0.717, 1.165) is 0 Å². The Balaban J connectivity index is 1.93. The van der Waals surface area contributed by atoms with Crippen molar-refractivity contribution in [2.24, 2.45) is 0 Å². The van der Waals surface area contributed by atoms with Gasteiger partial charge in [-0.05, 0) is 27.7 Å². The van der Waals surface area contributed by atoms with E-state index in [0.29, 0.717) is 0 Å². The molecule has 6 nitrogen and oxygen atoms in total. The molecular weight excluding hydrogens is 383 g/mol. The third kappa shape index (κ3) is 3.65. The molecule has 138 valence electrons. The molecule has 0 bridgehead atoms. The van der Waals surface area contributed by atoms with Crippen LogP contribution in [0.15, 0.2) is 0 Å². The maximum absolute atomic E-state index is 12.4. The van der Waals surface area contributed by atoms with Crippen LogP contribution < -0.4 is 0 Å². The van der Waals surface area contributed by atoms with E-state index in [9.17, 15) is 4.79 Å². The van der Waals surface area contributed by atoms with Crippen LogP contribution in [-0.4, -0.2) is 58.3 Å².